The largest absolute Gasteiger partial charge is 0.682 e. The standard InChI is InChI=1S/C38H71O2PS2/c1-3-5-7-9-11-13-15-17-19-21-23-25-27-29-31-36-33-34-37(38(35-36)40-41(39,42)43)32-30-28-26-24-22-20-18-16-14-12-10-8-6-4-2/h33-35H,3-32H2,1-2H3,(H2,39,42,43)/p-2. The van der Waals surface area contributed by atoms with Gasteiger partial charge in [-0.05, 0) is 42.9 Å². The minimum Gasteiger partial charge on any atom is -0.682 e. The lowest BCUT2D eigenvalue weighted by molar-refractivity contribution is -0.169. The van der Waals surface area contributed by atoms with Gasteiger partial charge in [-0.3, -0.25) is 0 Å². The Morgan fingerprint density at radius 3 is 1.16 bits per heavy atom. The van der Waals surface area contributed by atoms with Crippen LogP contribution in [-0.4, -0.2) is 0 Å². The number of aryl methyl sites for hydroxylation is 2. The first kappa shape index (κ1) is 41.1. The van der Waals surface area contributed by atoms with Crippen LogP contribution in [0.4, 0.5) is 0 Å². The molecule has 0 spiro atoms. The van der Waals surface area contributed by atoms with Crippen LogP contribution in [0.1, 0.15) is 205 Å². The second-order valence-corrected chi connectivity index (χ2v) is 17.8. The van der Waals surface area contributed by atoms with Crippen LogP contribution in [0.15, 0.2) is 18.2 Å². The predicted molar refractivity (Wildman–Crippen MR) is 197 cm³/mol. The summed E-state index contributed by atoms with van der Waals surface area (Å²) in [7, 11) is 0. The summed E-state index contributed by atoms with van der Waals surface area (Å²) in [5.74, 6) is 0.672. The van der Waals surface area contributed by atoms with Crippen LogP contribution in [0.5, 0.6) is 5.75 Å². The van der Waals surface area contributed by atoms with E-state index in [1.165, 1.54) is 179 Å². The van der Waals surface area contributed by atoms with Crippen LogP contribution in [0, 0.1) is 0 Å². The Hall–Kier alpha value is 0.110. The zero-order chi connectivity index (χ0) is 31.3. The van der Waals surface area contributed by atoms with Crippen LogP contribution in [-0.2, 0) is 37.3 Å². The van der Waals surface area contributed by atoms with Crippen molar-refractivity contribution in [2.24, 2.45) is 0 Å². The van der Waals surface area contributed by atoms with Crippen LogP contribution in [0.25, 0.3) is 0 Å². The molecule has 0 aliphatic heterocycles. The minimum absolute atomic E-state index is 0.672. The molecule has 0 N–H and O–H groups in total. The van der Waals surface area contributed by atoms with Crippen LogP contribution < -0.4 is 9.42 Å². The van der Waals surface area contributed by atoms with E-state index >= 15 is 0 Å². The molecule has 1 aromatic rings. The lowest BCUT2D eigenvalue weighted by Crippen LogP contribution is -2.10. The summed E-state index contributed by atoms with van der Waals surface area (Å²) in [4.78, 5) is 12.2. The molecule has 0 saturated heterocycles. The number of unbranched alkanes of at least 4 members (excludes halogenated alkanes) is 26. The topological polar surface area (TPSA) is 32.3 Å². The SMILES string of the molecule is CCCCCCCCCCCCCCCCc1ccc(CCCCCCCCCCCCCCCC)c(O[P+]([O-])([S-])[S-])c1. The second kappa shape index (κ2) is 29.5. The van der Waals surface area contributed by atoms with Gasteiger partial charge in [0.1, 0.15) is 0 Å². The molecule has 43 heavy (non-hydrogen) atoms. The molecular formula is C38H69O2PS2-2. The lowest BCUT2D eigenvalue weighted by Gasteiger charge is -2.42. The summed E-state index contributed by atoms with van der Waals surface area (Å²) in [5, 5.41) is 0. The molecule has 0 saturated carbocycles. The predicted octanol–water partition coefficient (Wildman–Crippen LogP) is 13.2. The number of benzene rings is 1. The average molecular weight is 653 g/mol. The third-order valence-corrected chi connectivity index (χ3v) is 9.83. The first-order valence-electron chi connectivity index (χ1n) is 18.8. The van der Waals surface area contributed by atoms with Gasteiger partial charge in [0.15, 0.2) is 5.75 Å². The summed E-state index contributed by atoms with van der Waals surface area (Å²) in [6.45, 7) is 4.57. The molecule has 0 radical (unpaired) electrons. The molecule has 0 fully saturated rings. The van der Waals surface area contributed by atoms with Gasteiger partial charge in [0.05, 0.1) is 0 Å². The quantitative estimate of drug-likeness (QED) is 0.0440. The molecule has 0 bridgehead atoms. The van der Waals surface area contributed by atoms with Gasteiger partial charge >= 0.3 is 0 Å². The van der Waals surface area contributed by atoms with E-state index in [-0.39, 0.29) is 0 Å². The van der Waals surface area contributed by atoms with Gasteiger partial charge < -0.3 is 33.9 Å². The van der Waals surface area contributed by atoms with E-state index in [9.17, 15) is 4.89 Å². The fourth-order valence-electron chi connectivity index (χ4n) is 6.20. The van der Waals surface area contributed by atoms with E-state index < -0.39 is 6.12 Å². The first-order valence-corrected chi connectivity index (χ1v) is 22.4. The number of hydrogen-bond donors (Lipinski definition) is 0. The molecule has 252 valence electrons. The van der Waals surface area contributed by atoms with E-state index in [0.717, 1.165) is 24.8 Å². The second-order valence-electron chi connectivity index (χ2n) is 13.2. The summed E-state index contributed by atoms with van der Waals surface area (Å²) in [5.41, 5.74) is 2.36. The fourth-order valence-corrected chi connectivity index (χ4v) is 7.09. The molecule has 0 amide bonds. The molecule has 1 rings (SSSR count). The Kier molecular flexibility index (Phi) is 28.2. The van der Waals surface area contributed by atoms with Crippen LogP contribution in [0.2, 0.25) is 0 Å². The monoisotopic (exact) mass is 652 g/mol. The Morgan fingerprint density at radius 1 is 0.488 bits per heavy atom. The summed E-state index contributed by atoms with van der Waals surface area (Å²) < 4.78 is 5.65. The first-order chi connectivity index (χ1) is 21.0. The van der Waals surface area contributed by atoms with Crippen molar-refractivity contribution in [2.45, 2.75) is 206 Å². The highest BCUT2D eigenvalue weighted by Gasteiger charge is 2.09. The molecule has 0 aliphatic rings. The molecule has 2 nitrogen and oxygen atoms in total. The van der Waals surface area contributed by atoms with E-state index in [1.807, 2.05) is 0 Å². The van der Waals surface area contributed by atoms with E-state index in [1.54, 1.807) is 0 Å². The Morgan fingerprint density at radius 2 is 0.814 bits per heavy atom. The Balaban J connectivity index is 2.16. The van der Waals surface area contributed by atoms with E-state index in [0.29, 0.717) is 5.75 Å². The van der Waals surface area contributed by atoms with Crippen molar-refractivity contribution in [2.75, 3.05) is 0 Å². The fraction of sp³-hybridized carbons (Fsp3) is 0.842. The number of rotatable bonds is 32. The highest BCUT2D eigenvalue weighted by Crippen LogP contribution is 2.47. The summed E-state index contributed by atoms with van der Waals surface area (Å²) in [6.07, 6.45) is 36.8. The van der Waals surface area contributed by atoms with Crippen molar-refractivity contribution < 1.29 is 9.42 Å². The maximum absolute atomic E-state index is 12.2. The number of hydrogen-bond acceptors (Lipinski definition) is 4. The molecule has 1 aromatic carbocycles. The zero-order valence-electron chi connectivity index (χ0n) is 28.5. The van der Waals surface area contributed by atoms with Crippen LogP contribution in [0.3, 0.4) is 0 Å². The van der Waals surface area contributed by atoms with Crippen molar-refractivity contribution in [1.29, 1.82) is 0 Å². The van der Waals surface area contributed by atoms with Gasteiger partial charge in [-0.15, -0.1) is 6.12 Å². The van der Waals surface area contributed by atoms with Crippen LogP contribution >= 0.6 is 6.12 Å². The molecule has 0 heterocycles. The summed E-state index contributed by atoms with van der Waals surface area (Å²) >= 11 is 9.93. The van der Waals surface area contributed by atoms with Gasteiger partial charge in [0.25, 0.3) is 0 Å². The smallest absolute Gasteiger partial charge is 0.171 e. The molecule has 0 aromatic heterocycles. The molecule has 0 atom stereocenters. The molecule has 0 unspecified atom stereocenters. The molecular weight excluding hydrogens is 584 g/mol. The normalized spacial score (nSPS) is 11.8. The van der Waals surface area contributed by atoms with E-state index in [2.05, 4.69) is 32.0 Å². The van der Waals surface area contributed by atoms with Crippen molar-refractivity contribution in [1.82, 2.24) is 0 Å². The minimum atomic E-state index is -3.40. The van der Waals surface area contributed by atoms with Crippen molar-refractivity contribution in [3.05, 3.63) is 29.3 Å². The van der Waals surface area contributed by atoms with Crippen molar-refractivity contribution >= 4 is 30.6 Å². The Bertz CT molecular complexity index is 737. The average Bonchev–Trinajstić information content (AvgIpc) is 2.97. The van der Waals surface area contributed by atoms with Gasteiger partial charge in [0.2, 0.25) is 0 Å². The van der Waals surface area contributed by atoms with Gasteiger partial charge in [-0.1, -0.05) is 193 Å². The zero-order valence-corrected chi connectivity index (χ0v) is 31.1. The highest BCUT2D eigenvalue weighted by molar-refractivity contribution is 8.69. The molecule has 0 aliphatic carbocycles. The molecule has 5 heteroatoms. The van der Waals surface area contributed by atoms with Crippen molar-refractivity contribution in [3.63, 3.8) is 0 Å². The Labute approximate surface area is 280 Å². The maximum atomic E-state index is 12.2. The van der Waals surface area contributed by atoms with Gasteiger partial charge in [-0.2, -0.15) is 0 Å². The lowest BCUT2D eigenvalue weighted by atomic mass is 9.99. The highest BCUT2D eigenvalue weighted by atomic mass is 33.1. The van der Waals surface area contributed by atoms with Crippen molar-refractivity contribution in [3.8, 4) is 5.75 Å². The van der Waals surface area contributed by atoms with Gasteiger partial charge in [0, 0.05) is 0 Å². The third-order valence-electron chi connectivity index (χ3n) is 8.96. The maximum Gasteiger partial charge on any atom is 0.171 e. The third kappa shape index (κ3) is 27.0. The van der Waals surface area contributed by atoms with Gasteiger partial charge in [-0.25, -0.2) is 0 Å². The van der Waals surface area contributed by atoms with E-state index in [4.69, 9.17) is 29.0 Å². The summed E-state index contributed by atoms with van der Waals surface area (Å²) in [6, 6.07) is 6.45.